The summed E-state index contributed by atoms with van der Waals surface area (Å²) in [6.07, 6.45) is -0.144. The van der Waals surface area contributed by atoms with Crippen LogP contribution in [-0.2, 0) is 12.1 Å². The Balaban J connectivity index is 1.28. The number of halogens is 3. The van der Waals surface area contributed by atoms with Crippen molar-refractivity contribution in [2.45, 2.75) is 74.7 Å². The molecule has 1 saturated carbocycles. The molecule has 0 spiro atoms. The third-order valence-corrected chi connectivity index (χ3v) is 7.44. The SMILES string of the molecule is FC(F)(F)Oc1ccc(OC2CC2)c(CN[C@@H]2CC[C@@H]3N[C@@]2(c2ccccc2)C[C@@H]3c2nn[nH]n2)c1. The molecule has 6 rings (SSSR count). The van der Waals surface area contributed by atoms with Crippen LogP contribution in [0.25, 0.3) is 0 Å². The number of tetrazole rings is 1. The van der Waals surface area contributed by atoms with Crippen molar-refractivity contribution in [1.82, 2.24) is 31.3 Å². The first kappa shape index (κ1) is 23.2. The number of aromatic nitrogens is 4. The Bertz CT molecular complexity index is 1190. The van der Waals surface area contributed by atoms with Crippen molar-refractivity contribution < 1.29 is 22.6 Å². The van der Waals surface area contributed by atoms with Crippen LogP contribution < -0.4 is 20.1 Å². The molecule has 2 aliphatic heterocycles. The molecule has 8 nitrogen and oxygen atoms in total. The van der Waals surface area contributed by atoms with Gasteiger partial charge in [-0.05, 0) is 55.9 Å². The Kier molecular flexibility index (Phi) is 5.83. The quantitative estimate of drug-likeness (QED) is 0.431. The van der Waals surface area contributed by atoms with Crippen LogP contribution in [0.4, 0.5) is 13.2 Å². The molecule has 2 bridgehead atoms. The number of hydrogen-bond donors (Lipinski definition) is 3. The van der Waals surface area contributed by atoms with Gasteiger partial charge in [-0.15, -0.1) is 23.4 Å². The minimum atomic E-state index is -4.75. The number of aromatic amines is 1. The van der Waals surface area contributed by atoms with E-state index in [2.05, 4.69) is 48.1 Å². The maximum absolute atomic E-state index is 12.9. The van der Waals surface area contributed by atoms with Gasteiger partial charge in [0.25, 0.3) is 0 Å². The van der Waals surface area contributed by atoms with E-state index in [0.29, 0.717) is 23.7 Å². The van der Waals surface area contributed by atoms with E-state index in [4.69, 9.17) is 4.74 Å². The van der Waals surface area contributed by atoms with Crippen LogP contribution in [0.3, 0.4) is 0 Å². The molecule has 190 valence electrons. The lowest BCUT2D eigenvalue weighted by molar-refractivity contribution is -0.274. The van der Waals surface area contributed by atoms with Crippen molar-refractivity contribution in [3.05, 3.63) is 65.5 Å². The van der Waals surface area contributed by atoms with Crippen LogP contribution in [0, 0.1) is 0 Å². The highest BCUT2D eigenvalue weighted by Crippen LogP contribution is 2.49. The van der Waals surface area contributed by atoms with Gasteiger partial charge in [0.2, 0.25) is 0 Å². The maximum Gasteiger partial charge on any atom is 0.573 e. The third kappa shape index (κ3) is 4.64. The number of H-pyrrole nitrogens is 1. The van der Waals surface area contributed by atoms with Crippen LogP contribution in [0.2, 0.25) is 0 Å². The summed E-state index contributed by atoms with van der Waals surface area (Å²) in [7, 11) is 0. The average Bonchev–Trinajstić information content (AvgIpc) is 3.39. The molecular formula is C25H27F3N6O2. The van der Waals surface area contributed by atoms with Crippen molar-refractivity contribution in [3.63, 3.8) is 0 Å². The van der Waals surface area contributed by atoms with E-state index < -0.39 is 6.36 Å². The summed E-state index contributed by atoms with van der Waals surface area (Å²) in [5, 5.41) is 22.3. The number of piperidine rings is 1. The van der Waals surface area contributed by atoms with Crippen LogP contribution in [0.5, 0.6) is 11.5 Å². The smallest absolute Gasteiger partial charge is 0.490 e. The van der Waals surface area contributed by atoms with Crippen molar-refractivity contribution in [3.8, 4) is 11.5 Å². The fraction of sp³-hybridized carbons (Fsp3) is 0.480. The van der Waals surface area contributed by atoms with Gasteiger partial charge in [-0.3, -0.25) is 0 Å². The summed E-state index contributed by atoms with van der Waals surface area (Å²) in [5.74, 6) is 1.14. The zero-order chi connectivity index (χ0) is 24.8. The van der Waals surface area contributed by atoms with E-state index in [1.165, 1.54) is 12.1 Å². The van der Waals surface area contributed by atoms with Gasteiger partial charge >= 0.3 is 6.36 Å². The number of fused-ring (bicyclic) bond motifs is 2. The predicted molar refractivity (Wildman–Crippen MR) is 123 cm³/mol. The number of nitrogens with zero attached hydrogens (tertiary/aromatic N) is 3. The average molecular weight is 501 g/mol. The van der Waals surface area contributed by atoms with Crippen molar-refractivity contribution >= 4 is 0 Å². The fourth-order valence-corrected chi connectivity index (χ4v) is 5.71. The van der Waals surface area contributed by atoms with E-state index in [1.807, 2.05) is 18.2 Å². The molecule has 3 N–H and O–H groups in total. The van der Waals surface area contributed by atoms with E-state index >= 15 is 0 Å². The largest absolute Gasteiger partial charge is 0.573 e. The molecule has 3 fully saturated rings. The van der Waals surface area contributed by atoms with Crippen LogP contribution >= 0.6 is 0 Å². The molecule has 0 radical (unpaired) electrons. The highest BCUT2D eigenvalue weighted by Gasteiger charge is 2.54. The van der Waals surface area contributed by atoms with Crippen molar-refractivity contribution in [2.75, 3.05) is 0 Å². The number of benzene rings is 2. The summed E-state index contributed by atoms with van der Waals surface area (Å²) in [6.45, 7) is 0.343. The van der Waals surface area contributed by atoms with E-state index in [0.717, 1.165) is 37.7 Å². The van der Waals surface area contributed by atoms with Gasteiger partial charge in [0, 0.05) is 30.1 Å². The molecule has 1 aliphatic carbocycles. The summed E-state index contributed by atoms with van der Waals surface area (Å²) < 4.78 is 48.8. The number of ether oxygens (including phenoxy) is 2. The molecule has 3 aromatic rings. The molecule has 2 saturated heterocycles. The Hall–Kier alpha value is -3.18. The van der Waals surface area contributed by atoms with Crippen molar-refractivity contribution in [2.24, 2.45) is 0 Å². The van der Waals surface area contributed by atoms with Crippen LogP contribution in [0.15, 0.2) is 48.5 Å². The Morgan fingerprint density at radius 3 is 2.61 bits per heavy atom. The zero-order valence-electron chi connectivity index (χ0n) is 19.5. The second-order valence-electron chi connectivity index (χ2n) is 9.81. The monoisotopic (exact) mass is 500 g/mol. The molecule has 11 heteroatoms. The predicted octanol–water partition coefficient (Wildman–Crippen LogP) is 3.93. The minimum Gasteiger partial charge on any atom is -0.490 e. The molecule has 2 aromatic carbocycles. The normalized spacial score (nSPS) is 27.7. The van der Waals surface area contributed by atoms with Crippen molar-refractivity contribution in [1.29, 1.82) is 0 Å². The molecule has 3 heterocycles. The van der Waals surface area contributed by atoms with E-state index in [-0.39, 0.29) is 35.4 Å². The Morgan fingerprint density at radius 1 is 1.06 bits per heavy atom. The lowest BCUT2D eigenvalue weighted by atomic mass is 9.78. The van der Waals surface area contributed by atoms with Gasteiger partial charge in [0.1, 0.15) is 11.5 Å². The van der Waals surface area contributed by atoms with Gasteiger partial charge < -0.3 is 20.1 Å². The highest BCUT2D eigenvalue weighted by molar-refractivity contribution is 5.41. The van der Waals surface area contributed by atoms with Crippen LogP contribution in [0.1, 0.15) is 55.0 Å². The molecule has 36 heavy (non-hydrogen) atoms. The first-order valence-corrected chi connectivity index (χ1v) is 12.2. The zero-order valence-corrected chi connectivity index (χ0v) is 19.5. The lowest BCUT2D eigenvalue weighted by Gasteiger charge is -2.43. The van der Waals surface area contributed by atoms with E-state index in [1.54, 1.807) is 6.07 Å². The first-order valence-electron chi connectivity index (χ1n) is 12.2. The van der Waals surface area contributed by atoms with Gasteiger partial charge in [0.05, 0.1) is 11.6 Å². The summed E-state index contributed by atoms with van der Waals surface area (Å²) in [5.41, 5.74) is 1.41. The van der Waals surface area contributed by atoms with Gasteiger partial charge in [-0.25, -0.2) is 0 Å². The molecular weight excluding hydrogens is 473 g/mol. The molecule has 3 aliphatic rings. The molecule has 4 atom stereocenters. The summed E-state index contributed by atoms with van der Waals surface area (Å²) >= 11 is 0. The number of nitrogens with one attached hydrogen (secondary N) is 3. The fourth-order valence-electron chi connectivity index (χ4n) is 5.71. The highest BCUT2D eigenvalue weighted by atomic mass is 19.4. The number of alkyl halides is 3. The second kappa shape index (κ2) is 9.04. The van der Waals surface area contributed by atoms with Crippen LogP contribution in [-0.4, -0.2) is 45.2 Å². The second-order valence-corrected chi connectivity index (χ2v) is 9.81. The molecule has 1 aromatic heterocycles. The minimum absolute atomic E-state index is 0.0222. The first-order chi connectivity index (χ1) is 17.4. The van der Waals surface area contributed by atoms with Gasteiger partial charge in [-0.2, -0.15) is 5.21 Å². The lowest BCUT2D eigenvalue weighted by Crippen LogP contribution is -2.58. The summed E-state index contributed by atoms with van der Waals surface area (Å²) in [4.78, 5) is 0. The maximum atomic E-state index is 12.9. The van der Waals surface area contributed by atoms with Gasteiger partial charge in [-0.1, -0.05) is 35.5 Å². The molecule has 0 unspecified atom stereocenters. The Labute approximate surface area is 206 Å². The standard InChI is InChI=1S/C25H27F3N6O2/c26-25(27,28)36-18-8-10-21(35-17-6-7-17)15(12-18)14-29-22-11-9-20-19(23-31-33-34-32-23)13-24(22,30-20)16-4-2-1-3-5-16/h1-5,8,10,12,17,19-20,22,29-30H,6-7,9,11,13-14H2,(H,31,32,33,34)/t19-,20-,22+,24+/m0/s1. The number of hydrogen-bond acceptors (Lipinski definition) is 7. The Morgan fingerprint density at radius 2 is 1.89 bits per heavy atom. The topological polar surface area (TPSA) is 97.0 Å². The summed E-state index contributed by atoms with van der Waals surface area (Å²) in [6, 6.07) is 14.8. The molecule has 0 amide bonds. The number of rotatable bonds is 8. The van der Waals surface area contributed by atoms with Gasteiger partial charge in [0.15, 0.2) is 5.82 Å². The third-order valence-electron chi connectivity index (χ3n) is 7.44. The van der Waals surface area contributed by atoms with E-state index in [9.17, 15) is 13.2 Å².